The number of benzene rings is 1. The second-order valence-corrected chi connectivity index (χ2v) is 7.13. The molecule has 1 aliphatic heterocycles. The summed E-state index contributed by atoms with van der Waals surface area (Å²) >= 11 is 0. The van der Waals surface area contributed by atoms with Crippen LogP contribution in [-0.4, -0.2) is 43.0 Å². The van der Waals surface area contributed by atoms with Gasteiger partial charge in [-0.25, -0.2) is 0 Å². The minimum absolute atomic E-state index is 0.169. The number of para-hydroxylation sites is 1. The summed E-state index contributed by atoms with van der Waals surface area (Å²) < 4.78 is 0. The summed E-state index contributed by atoms with van der Waals surface area (Å²) in [6.45, 7) is 1.76. The van der Waals surface area contributed by atoms with E-state index in [2.05, 4.69) is 41.1 Å². The molecule has 1 saturated heterocycles. The van der Waals surface area contributed by atoms with Gasteiger partial charge in [-0.05, 0) is 44.2 Å². The number of nitrogens with zero attached hydrogens (tertiary/aromatic N) is 2. The van der Waals surface area contributed by atoms with Crippen LogP contribution in [0.25, 0.3) is 0 Å². The van der Waals surface area contributed by atoms with Crippen molar-refractivity contribution in [3.05, 3.63) is 30.3 Å². The number of carbonyl (C=O) groups is 1. The fourth-order valence-electron chi connectivity index (χ4n) is 4.06. The SMILES string of the molecule is CN(c1ccccc1)C1CCN(C(=O)C2CCCC(N)C2)CC1. The lowest BCUT2D eigenvalue weighted by Gasteiger charge is -2.39. The smallest absolute Gasteiger partial charge is 0.225 e. The third kappa shape index (κ3) is 3.86. The predicted molar refractivity (Wildman–Crippen MR) is 94.4 cm³/mol. The van der Waals surface area contributed by atoms with Crippen LogP contribution in [0.5, 0.6) is 0 Å². The summed E-state index contributed by atoms with van der Waals surface area (Å²) in [4.78, 5) is 17.1. The summed E-state index contributed by atoms with van der Waals surface area (Å²) in [5.41, 5.74) is 7.30. The van der Waals surface area contributed by atoms with Gasteiger partial charge in [-0.1, -0.05) is 24.6 Å². The molecule has 0 bridgehead atoms. The van der Waals surface area contributed by atoms with E-state index in [1.54, 1.807) is 0 Å². The van der Waals surface area contributed by atoms with Gasteiger partial charge < -0.3 is 15.5 Å². The molecular weight excluding hydrogens is 286 g/mol. The predicted octanol–water partition coefficient (Wildman–Crippen LogP) is 2.63. The zero-order valence-electron chi connectivity index (χ0n) is 14.2. The van der Waals surface area contributed by atoms with Crippen molar-refractivity contribution in [2.24, 2.45) is 11.7 Å². The fraction of sp³-hybridized carbons (Fsp3) is 0.632. The van der Waals surface area contributed by atoms with E-state index in [4.69, 9.17) is 5.73 Å². The van der Waals surface area contributed by atoms with Crippen LogP contribution in [0.15, 0.2) is 30.3 Å². The van der Waals surface area contributed by atoms with Crippen LogP contribution in [0.2, 0.25) is 0 Å². The minimum atomic E-state index is 0.169. The third-order valence-electron chi connectivity index (χ3n) is 5.55. The quantitative estimate of drug-likeness (QED) is 0.933. The van der Waals surface area contributed by atoms with Gasteiger partial charge in [0.1, 0.15) is 0 Å². The van der Waals surface area contributed by atoms with Gasteiger partial charge >= 0.3 is 0 Å². The Labute approximate surface area is 139 Å². The first-order chi connectivity index (χ1) is 11.1. The van der Waals surface area contributed by atoms with E-state index in [0.717, 1.165) is 51.6 Å². The van der Waals surface area contributed by atoms with Crippen LogP contribution >= 0.6 is 0 Å². The zero-order chi connectivity index (χ0) is 16.2. The molecule has 2 N–H and O–H groups in total. The molecule has 3 rings (SSSR count). The molecule has 2 atom stereocenters. The lowest BCUT2D eigenvalue weighted by atomic mass is 9.85. The second kappa shape index (κ2) is 7.35. The minimum Gasteiger partial charge on any atom is -0.371 e. The second-order valence-electron chi connectivity index (χ2n) is 7.13. The number of likely N-dealkylation sites (tertiary alicyclic amines) is 1. The van der Waals surface area contributed by atoms with Crippen molar-refractivity contribution in [3.8, 4) is 0 Å². The Hall–Kier alpha value is -1.55. The van der Waals surface area contributed by atoms with Gasteiger partial charge in [0.15, 0.2) is 0 Å². The van der Waals surface area contributed by atoms with Gasteiger partial charge in [0.2, 0.25) is 5.91 Å². The first-order valence-corrected chi connectivity index (χ1v) is 8.97. The molecule has 0 aromatic heterocycles. The number of amides is 1. The first-order valence-electron chi connectivity index (χ1n) is 8.97. The zero-order valence-corrected chi connectivity index (χ0v) is 14.2. The van der Waals surface area contributed by atoms with Crippen LogP contribution in [0.1, 0.15) is 38.5 Å². The number of anilines is 1. The fourth-order valence-corrected chi connectivity index (χ4v) is 4.06. The lowest BCUT2D eigenvalue weighted by Crippen LogP contribution is -2.48. The van der Waals surface area contributed by atoms with Crippen molar-refractivity contribution in [1.82, 2.24) is 4.90 Å². The number of hydrogen-bond donors (Lipinski definition) is 1. The molecule has 4 heteroatoms. The molecule has 2 fully saturated rings. The summed E-state index contributed by atoms with van der Waals surface area (Å²) in [5.74, 6) is 0.517. The van der Waals surface area contributed by atoms with E-state index in [-0.39, 0.29) is 12.0 Å². The van der Waals surface area contributed by atoms with Crippen LogP contribution in [-0.2, 0) is 4.79 Å². The van der Waals surface area contributed by atoms with Gasteiger partial charge in [0.05, 0.1) is 0 Å². The summed E-state index contributed by atoms with van der Waals surface area (Å²) in [7, 11) is 2.16. The highest BCUT2D eigenvalue weighted by Crippen LogP contribution is 2.27. The van der Waals surface area contributed by atoms with Crippen molar-refractivity contribution in [2.75, 3.05) is 25.0 Å². The Bertz CT molecular complexity index is 511. The van der Waals surface area contributed by atoms with E-state index < -0.39 is 0 Å². The van der Waals surface area contributed by atoms with Crippen molar-refractivity contribution < 1.29 is 4.79 Å². The molecule has 23 heavy (non-hydrogen) atoms. The molecule has 4 nitrogen and oxygen atoms in total. The van der Waals surface area contributed by atoms with Crippen LogP contribution in [0.3, 0.4) is 0 Å². The van der Waals surface area contributed by atoms with E-state index in [1.807, 2.05) is 6.07 Å². The molecule has 1 heterocycles. The standard InChI is InChI=1S/C19H29N3O/c1-21(17-8-3-2-4-9-17)18-10-12-22(13-11-18)19(23)15-6-5-7-16(20)14-15/h2-4,8-9,15-16,18H,5-7,10-14,20H2,1H3. The van der Waals surface area contributed by atoms with Crippen molar-refractivity contribution in [3.63, 3.8) is 0 Å². The van der Waals surface area contributed by atoms with Crippen molar-refractivity contribution >= 4 is 11.6 Å². The highest BCUT2D eigenvalue weighted by Gasteiger charge is 2.32. The molecular formula is C19H29N3O. The monoisotopic (exact) mass is 315 g/mol. The van der Waals surface area contributed by atoms with Crippen LogP contribution in [0.4, 0.5) is 5.69 Å². The molecule has 2 unspecified atom stereocenters. The maximum absolute atomic E-state index is 12.7. The van der Waals surface area contributed by atoms with Gasteiger partial charge in [-0.15, -0.1) is 0 Å². The topological polar surface area (TPSA) is 49.6 Å². The summed E-state index contributed by atoms with van der Waals surface area (Å²) in [6.07, 6.45) is 6.18. The molecule has 1 aromatic rings. The first kappa shape index (κ1) is 16.3. The Kier molecular flexibility index (Phi) is 5.21. The van der Waals surface area contributed by atoms with Gasteiger partial charge in [-0.3, -0.25) is 4.79 Å². The van der Waals surface area contributed by atoms with Crippen molar-refractivity contribution in [2.45, 2.75) is 50.6 Å². The largest absolute Gasteiger partial charge is 0.371 e. The van der Waals surface area contributed by atoms with Gasteiger partial charge in [0.25, 0.3) is 0 Å². The van der Waals surface area contributed by atoms with E-state index in [1.165, 1.54) is 5.69 Å². The van der Waals surface area contributed by atoms with Crippen molar-refractivity contribution in [1.29, 1.82) is 0 Å². The molecule has 2 aliphatic rings. The summed E-state index contributed by atoms with van der Waals surface area (Å²) in [5, 5.41) is 0. The Morgan fingerprint density at radius 3 is 2.48 bits per heavy atom. The third-order valence-corrected chi connectivity index (χ3v) is 5.55. The molecule has 1 aliphatic carbocycles. The molecule has 0 radical (unpaired) electrons. The van der Waals surface area contributed by atoms with Gasteiger partial charge in [0, 0.05) is 43.8 Å². The van der Waals surface area contributed by atoms with E-state index in [0.29, 0.717) is 11.9 Å². The number of piperidine rings is 1. The average molecular weight is 315 g/mol. The van der Waals surface area contributed by atoms with Crippen LogP contribution < -0.4 is 10.6 Å². The Balaban J connectivity index is 1.53. The summed E-state index contributed by atoms with van der Waals surface area (Å²) in [6, 6.07) is 11.3. The number of hydrogen-bond acceptors (Lipinski definition) is 3. The highest BCUT2D eigenvalue weighted by molar-refractivity contribution is 5.79. The number of rotatable bonds is 3. The molecule has 1 aromatic carbocycles. The van der Waals surface area contributed by atoms with E-state index in [9.17, 15) is 4.79 Å². The molecule has 1 saturated carbocycles. The Morgan fingerprint density at radius 2 is 1.83 bits per heavy atom. The molecule has 0 spiro atoms. The van der Waals surface area contributed by atoms with Gasteiger partial charge in [-0.2, -0.15) is 0 Å². The van der Waals surface area contributed by atoms with E-state index >= 15 is 0 Å². The number of nitrogens with two attached hydrogens (primary N) is 1. The van der Waals surface area contributed by atoms with Crippen LogP contribution in [0, 0.1) is 5.92 Å². The maximum Gasteiger partial charge on any atom is 0.225 e. The number of carbonyl (C=O) groups excluding carboxylic acids is 1. The molecule has 126 valence electrons. The highest BCUT2D eigenvalue weighted by atomic mass is 16.2. The normalized spacial score (nSPS) is 26.1. The Morgan fingerprint density at radius 1 is 1.13 bits per heavy atom. The molecule has 1 amide bonds. The maximum atomic E-state index is 12.7. The average Bonchev–Trinajstić information content (AvgIpc) is 2.61. The lowest BCUT2D eigenvalue weighted by molar-refractivity contribution is -0.137.